The van der Waals surface area contributed by atoms with E-state index in [0.717, 1.165) is 38.5 Å². The highest BCUT2D eigenvalue weighted by Gasteiger charge is 2.69. The summed E-state index contributed by atoms with van der Waals surface area (Å²) in [6.45, 7) is 7.88. The van der Waals surface area contributed by atoms with Gasteiger partial charge in [-0.25, -0.2) is 0 Å². The molecule has 0 amide bonds. The zero-order valence-corrected chi connectivity index (χ0v) is 19.0. The van der Waals surface area contributed by atoms with Crippen molar-refractivity contribution in [2.75, 3.05) is 7.11 Å². The van der Waals surface area contributed by atoms with E-state index in [1.807, 2.05) is 0 Å². The topological polar surface area (TPSA) is 88.3 Å². The average molecular weight is 420 g/mol. The molecule has 0 bridgehead atoms. The Balaban J connectivity index is 1.66. The Bertz CT molecular complexity index is 778. The van der Waals surface area contributed by atoms with Crippen LogP contribution >= 0.6 is 0 Å². The second-order valence-corrected chi connectivity index (χ2v) is 10.6. The summed E-state index contributed by atoms with van der Waals surface area (Å²) in [4.78, 5) is 11.4. The lowest BCUT2D eigenvalue weighted by molar-refractivity contribution is -0.149. The fraction of sp³-hybridized carbons (Fsp3) is 0.833. The molecule has 0 heterocycles. The van der Waals surface area contributed by atoms with E-state index in [4.69, 9.17) is 9.47 Å². The van der Waals surface area contributed by atoms with Crippen molar-refractivity contribution in [1.29, 1.82) is 0 Å². The van der Waals surface area contributed by atoms with Crippen molar-refractivity contribution in [3.8, 4) is 0 Å². The number of oxime groups is 1. The number of ether oxygens (including phenoxy) is 2. The predicted octanol–water partition coefficient (Wildman–Crippen LogP) is 4.09. The molecule has 0 saturated heterocycles. The number of aliphatic hydroxyl groups is 1. The van der Waals surface area contributed by atoms with Gasteiger partial charge in [0.25, 0.3) is 0 Å². The molecule has 0 radical (unpaired) electrons. The van der Waals surface area contributed by atoms with Crippen molar-refractivity contribution < 1.29 is 24.6 Å². The number of allylic oxidation sites excluding steroid dienone is 1. The number of rotatable bonds is 3. The van der Waals surface area contributed by atoms with Crippen molar-refractivity contribution in [2.45, 2.75) is 90.4 Å². The van der Waals surface area contributed by atoms with E-state index in [-0.39, 0.29) is 22.9 Å². The third kappa shape index (κ3) is 2.75. The Morgan fingerprint density at radius 1 is 1.20 bits per heavy atom. The van der Waals surface area contributed by atoms with E-state index in [9.17, 15) is 15.1 Å². The molecule has 0 aliphatic heterocycles. The number of carbonyl (C=O) groups excluding carboxylic acids is 1. The van der Waals surface area contributed by atoms with Crippen LogP contribution in [0.1, 0.15) is 72.6 Å². The molecule has 30 heavy (non-hydrogen) atoms. The molecule has 2 N–H and O–H groups in total. The summed E-state index contributed by atoms with van der Waals surface area (Å²) in [5.41, 5.74) is 0.852. The summed E-state index contributed by atoms with van der Waals surface area (Å²) < 4.78 is 11.5. The Labute approximate surface area is 179 Å². The standard InChI is InChI=1S/C24H37NO5/c1-14(25-28)24(29-5)21(27)13-20-18-7-6-16-12-17(30-15(2)26)8-10-22(16,3)19(18)9-11-23(20,24)4/h6,17-21,27-28H,7-13H2,1-5H3/t17-,18-,19+,20+,21+,22-,23-,24-/m0/s1. The quantitative estimate of drug-likeness (QED) is 0.236. The van der Waals surface area contributed by atoms with Gasteiger partial charge < -0.3 is 19.8 Å². The molecule has 6 heteroatoms. The van der Waals surface area contributed by atoms with Crippen LogP contribution < -0.4 is 0 Å². The molecule has 0 aromatic rings. The van der Waals surface area contributed by atoms with Crippen LogP contribution in [0.3, 0.4) is 0 Å². The first-order valence-corrected chi connectivity index (χ1v) is 11.4. The smallest absolute Gasteiger partial charge is 0.302 e. The number of nitrogens with zero attached hydrogens (tertiary/aromatic N) is 1. The van der Waals surface area contributed by atoms with Gasteiger partial charge in [-0.3, -0.25) is 4.79 Å². The normalized spacial score (nSPS) is 48.3. The minimum atomic E-state index is -0.935. The number of esters is 1. The highest BCUT2D eigenvalue weighted by Crippen LogP contribution is 2.68. The van der Waals surface area contributed by atoms with E-state index < -0.39 is 11.7 Å². The molecule has 3 saturated carbocycles. The third-order valence-electron chi connectivity index (χ3n) is 9.59. The molecule has 4 aliphatic carbocycles. The molecule has 0 aromatic carbocycles. The SMILES string of the molecule is CO[C@@]1(C(C)=NO)[C@H](O)C[C@@H]2[C@H]3CC=C4C[C@@H](OC(C)=O)CC[C@]4(C)[C@@H]3CC[C@@]21C. The van der Waals surface area contributed by atoms with Crippen molar-refractivity contribution in [1.82, 2.24) is 0 Å². The first kappa shape index (κ1) is 21.8. The summed E-state index contributed by atoms with van der Waals surface area (Å²) >= 11 is 0. The minimum absolute atomic E-state index is 0.00471. The Morgan fingerprint density at radius 2 is 1.93 bits per heavy atom. The van der Waals surface area contributed by atoms with Crippen LogP contribution in [0, 0.1) is 28.6 Å². The molecule has 0 unspecified atom stereocenters. The van der Waals surface area contributed by atoms with Gasteiger partial charge >= 0.3 is 5.97 Å². The molecule has 168 valence electrons. The fourth-order valence-corrected chi connectivity index (χ4v) is 8.21. The predicted molar refractivity (Wildman–Crippen MR) is 113 cm³/mol. The summed E-state index contributed by atoms with van der Waals surface area (Å²) in [6.07, 6.45) is 8.20. The van der Waals surface area contributed by atoms with Gasteiger partial charge in [0.2, 0.25) is 0 Å². The molecule has 4 aliphatic rings. The number of hydrogen-bond donors (Lipinski definition) is 2. The van der Waals surface area contributed by atoms with Gasteiger partial charge in [-0.1, -0.05) is 30.7 Å². The van der Waals surface area contributed by atoms with Crippen LogP contribution in [-0.4, -0.2) is 46.9 Å². The third-order valence-corrected chi connectivity index (χ3v) is 9.59. The lowest BCUT2D eigenvalue weighted by atomic mass is 9.46. The van der Waals surface area contributed by atoms with Gasteiger partial charge in [0, 0.05) is 25.9 Å². The van der Waals surface area contributed by atoms with Crippen LogP contribution in [0.5, 0.6) is 0 Å². The zero-order valence-electron chi connectivity index (χ0n) is 19.0. The van der Waals surface area contributed by atoms with Crippen molar-refractivity contribution in [2.24, 2.45) is 33.7 Å². The second kappa shape index (κ2) is 7.33. The van der Waals surface area contributed by atoms with E-state index in [2.05, 4.69) is 25.1 Å². The highest BCUT2D eigenvalue weighted by molar-refractivity contribution is 5.92. The molecule has 0 aromatic heterocycles. The second-order valence-electron chi connectivity index (χ2n) is 10.6. The molecule has 8 atom stereocenters. The monoisotopic (exact) mass is 419 g/mol. The molecule has 3 fully saturated rings. The van der Waals surface area contributed by atoms with Crippen LogP contribution in [0.4, 0.5) is 0 Å². The van der Waals surface area contributed by atoms with Gasteiger partial charge in [0.15, 0.2) is 0 Å². The maximum absolute atomic E-state index is 11.4. The lowest BCUT2D eigenvalue weighted by Gasteiger charge is -2.59. The van der Waals surface area contributed by atoms with E-state index in [0.29, 0.717) is 29.9 Å². The van der Waals surface area contributed by atoms with Crippen LogP contribution in [0.15, 0.2) is 16.8 Å². The van der Waals surface area contributed by atoms with Gasteiger partial charge in [-0.05, 0) is 68.6 Å². The van der Waals surface area contributed by atoms with Crippen molar-refractivity contribution in [3.63, 3.8) is 0 Å². The molecule has 4 rings (SSSR count). The minimum Gasteiger partial charge on any atom is -0.462 e. The zero-order chi connectivity index (χ0) is 21.9. The van der Waals surface area contributed by atoms with Crippen LogP contribution in [0.2, 0.25) is 0 Å². The Hall–Kier alpha value is -1.40. The van der Waals surface area contributed by atoms with Crippen LogP contribution in [0.25, 0.3) is 0 Å². The first-order chi connectivity index (χ1) is 14.1. The van der Waals surface area contributed by atoms with Crippen molar-refractivity contribution >= 4 is 11.7 Å². The Morgan fingerprint density at radius 3 is 2.57 bits per heavy atom. The van der Waals surface area contributed by atoms with Gasteiger partial charge in [0.05, 0.1) is 11.8 Å². The molecule has 6 nitrogen and oxygen atoms in total. The molecular weight excluding hydrogens is 382 g/mol. The highest BCUT2D eigenvalue weighted by atomic mass is 16.5. The number of fused-ring (bicyclic) bond motifs is 5. The summed E-state index contributed by atoms with van der Waals surface area (Å²) in [6, 6.07) is 0. The number of hydrogen-bond acceptors (Lipinski definition) is 6. The first-order valence-electron chi connectivity index (χ1n) is 11.4. The Kier molecular flexibility index (Phi) is 5.33. The summed E-state index contributed by atoms with van der Waals surface area (Å²) in [5.74, 6) is 1.15. The van der Waals surface area contributed by atoms with E-state index in [1.165, 1.54) is 12.5 Å². The molecule has 0 spiro atoms. The average Bonchev–Trinajstić information content (AvgIpc) is 2.94. The van der Waals surface area contributed by atoms with Gasteiger partial charge in [-0.2, -0.15) is 0 Å². The van der Waals surface area contributed by atoms with Gasteiger partial charge in [0.1, 0.15) is 11.7 Å². The fourth-order valence-electron chi connectivity index (χ4n) is 8.21. The number of methoxy groups -OCH3 is 1. The summed E-state index contributed by atoms with van der Waals surface area (Å²) in [7, 11) is 1.63. The summed E-state index contributed by atoms with van der Waals surface area (Å²) in [5, 5.41) is 24.2. The van der Waals surface area contributed by atoms with Crippen LogP contribution in [-0.2, 0) is 14.3 Å². The maximum Gasteiger partial charge on any atom is 0.302 e. The lowest BCUT2D eigenvalue weighted by Crippen LogP contribution is -2.60. The largest absolute Gasteiger partial charge is 0.462 e. The maximum atomic E-state index is 11.4. The number of aliphatic hydroxyl groups excluding tert-OH is 1. The number of carbonyl (C=O) groups is 1. The molecular formula is C24H37NO5. The van der Waals surface area contributed by atoms with E-state index in [1.54, 1.807) is 14.0 Å². The van der Waals surface area contributed by atoms with Gasteiger partial charge in [-0.15, -0.1) is 0 Å². The van der Waals surface area contributed by atoms with E-state index >= 15 is 0 Å². The van der Waals surface area contributed by atoms with Crippen molar-refractivity contribution in [3.05, 3.63) is 11.6 Å².